The zero-order valence-electron chi connectivity index (χ0n) is 23.5. The number of carbonyl (C=O) groups is 1. The van der Waals surface area contributed by atoms with Crippen LogP contribution in [0.25, 0.3) is 0 Å². The summed E-state index contributed by atoms with van der Waals surface area (Å²) < 4.78 is 39.1. The number of nitro benzene ring substituents is 2. The van der Waals surface area contributed by atoms with Gasteiger partial charge in [0.25, 0.3) is 27.3 Å². The van der Waals surface area contributed by atoms with Crippen molar-refractivity contribution in [2.45, 2.75) is 11.8 Å². The Bertz CT molecular complexity index is 1730. The standard InChI is InChI=1S/C27H27ClN6O9S/c1-18-3-6-22(15-24(18)34(38)39)44(40,41)32(25-14-20(28)4-8-26(25)42-2)17-27(35)30-29-16-19-13-21(33(36)37)5-7-23(19)31-9-11-43-12-10-31/h3-8,13-16H,9-12,17H2,1-2H3,(H,30,35)/b29-16-. The predicted octanol–water partition coefficient (Wildman–Crippen LogP) is 3.66. The van der Waals surface area contributed by atoms with Gasteiger partial charge in [0.2, 0.25) is 0 Å². The molecule has 0 bridgehead atoms. The van der Waals surface area contributed by atoms with Gasteiger partial charge in [-0.1, -0.05) is 17.7 Å². The molecule has 1 aliphatic heterocycles. The highest BCUT2D eigenvalue weighted by Gasteiger charge is 2.31. The van der Waals surface area contributed by atoms with Crippen LogP contribution in [0.1, 0.15) is 11.1 Å². The summed E-state index contributed by atoms with van der Waals surface area (Å²) in [6, 6.07) is 11.8. The van der Waals surface area contributed by atoms with Gasteiger partial charge in [-0.2, -0.15) is 5.10 Å². The number of hydrazone groups is 1. The van der Waals surface area contributed by atoms with Crippen LogP contribution >= 0.6 is 11.6 Å². The Kier molecular flexibility index (Phi) is 9.97. The van der Waals surface area contributed by atoms with Crippen LogP contribution in [0.15, 0.2) is 64.6 Å². The molecule has 17 heteroatoms. The van der Waals surface area contributed by atoms with Gasteiger partial charge in [-0.25, -0.2) is 13.8 Å². The van der Waals surface area contributed by atoms with E-state index in [1.165, 1.54) is 62.7 Å². The highest BCUT2D eigenvalue weighted by atomic mass is 35.5. The fourth-order valence-corrected chi connectivity index (χ4v) is 6.03. The maximum absolute atomic E-state index is 13.9. The van der Waals surface area contributed by atoms with E-state index in [4.69, 9.17) is 21.1 Å². The van der Waals surface area contributed by atoms with Gasteiger partial charge in [-0.3, -0.25) is 29.3 Å². The van der Waals surface area contributed by atoms with Crippen molar-refractivity contribution in [1.82, 2.24) is 5.43 Å². The Labute approximate surface area is 257 Å². The van der Waals surface area contributed by atoms with Gasteiger partial charge in [-0.05, 0) is 37.3 Å². The van der Waals surface area contributed by atoms with Crippen LogP contribution in [-0.4, -0.2) is 70.3 Å². The second kappa shape index (κ2) is 13.7. The first-order chi connectivity index (χ1) is 20.9. The number of nitro groups is 2. The van der Waals surface area contributed by atoms with E-state index in [1.54, 1.807) is 6.07 Å². The summed E-state index contributed by atoms with van der Waals surface area (Å²) in [5.74, 6) is -0.838. The van der Waals surface area contributed by atoms with Gasteiger partial charge in [0, 0.05) is 53.1 Å². The van der Waals surface area contributed by atoms with Gasteiger partial charge in [0.1, 0.15) is 12.3 Å². The molecular formula is C27H27ClN6O9S. The van der Waals surface area contributed by atoms with Crippen molar-refractivity contribution in [2.75, 3.05) is 49.2 Å². The normalized spacial score (nSPS) is 13.5. The summed E-state index contributed by atoms with van der Waals surface area (Å²) in [4.78, 5) is 36.3. The van der Waals surface area contributed by atoms with Gasteiger partial charge in [0.15, 0.2) is 0 Å². The molecule has 0 atom stereocenters. The molecule has 0 radical (unpaired) electrons. The lowest BCUT2D eigenvalue weighted by atomic mass is 10.1. The van der Waals surface area contributed by atoms with Crippen LogP contribution in [0.3, 0.4) is 0 Å². The number of halogens is 1. The molecule has 1 N–H and O–H groups in total. The molecule has 4 rings (SSSR count). The predicted molar refractivity (Wildman–Crippen MR) is 162 cm³/mol. The number of hydrogen-bond donors (Lipinski definition) is 1. The SMILES string of the molecule is COc1ccc(Cl)cc1N(CC(=O)N/N=C\c1cc([N+](=O)[O-])ccc1N1CCOCC1)S(=O)(=O)c1ccc(C)c([N+](=O)[O-])c1. The maximum atomic E-state index is 13.9. The van der Waals surface area contributed by atoms with Gasteiger partial charge < -0.3 is 14.4 Å². The highest BCUT2D eigenvalue weighted by molar-refractivity contribution is 7.92. The summed E-state index contributed by atoms with van der Waals surface area (Å²) >= 11 is 6.15. The van der Waals surface area contributed by atoms with Crippen LogP contribution in [0.5, 0.6) is 5.75 Å². The summed E-state index contributed by atoms with van der Waals surface area (Å²) in [7, 11) is -3.31. The lowest BCUT2D eigenvalue weighted by Crippen LogP contribution is -2.40. The van der Waals surface area contributed by atoms with Crippen molar-refractivity contribution < 1.29 is 32.5 Å². The number of hydrogen-bond acceptors (Lipinski definition) is 11. The number of benzene rings is 3. The molecule has 1 fully saturated rings. The maximum Gasteiger partial charge on any atom is 0.273 e. The Morgan fingerprint density at radius 3 is 2.50 bits per heavy atom. The van der Waals surface area contributed by atoms with Crippen molar-refractivity contribution in [3.8, 4) is 5.75 Å². The van der Waals surface area contributed by atoms with Crippen molar-refractivity contribution in [1.29, 1.82) is 0 Å². The summed E-state index contributed by atoms with van der Waals surface area (Å²) in [5.41, 5.74) is 2.75. The molecule has 0 aromatic heterocycles. The lowest BCUT2D eigenvalue weighted by Gasteiger charge is -2.29. The van der Waals surface area contributed by atoms with E-state index in [-0.39, 0.29) is 27.7 Å². The number of nitrogens with one attached hydrogen (secondary N) is 1. The number of aryl methyl sites for hydroxylation is 1. The molecule has 0 saturated carbocycles. The van der Waals surface area contributed by atoms with Crippen molar-refractivity contribution in [3.63, 3.8) is 0 Å². The molecular weight excluding hydrogens is 620 g/mol. The molecule has 1 saturated heterocycles. The Balaban J connectivity index is 1.67. The second-order valence-electron chi connectivity index (χ2n) is 9.43. The number of carbonyl (C=O) groups excluding carboxylic acids is 1. The molecule has 44 heavy (non-hydrogen) atoms. The first-order valence-corrected chi connectivity index (χ1v) is 14.8. The van der Waals surface area contributed by atoms with Gasteiger partial charge in [-0.15, -0.1) is 0 Å². The number of amides is 1. The molecule has 15 nitrogen and oxygen atoms in total. The average Bonchev–Trinajstić information content (AvgIpc) is 3.00. The molecule has 0 aliphatic carbocycles. The number of ether oxygens (including phenoxy) is 2. The zero-order valence-corrected chi connectivity index (χ0v) is 25.1. The minimum absolute atomic E-state index is 0.0580. The molecule has 3 aromatic carbocycles. The molecule has 232 valence electrons. The molecule has 1 aliphatic rings. The van der Waals surface area contributed by atoms with E-state index in [2.05, 4.69) is 10.5 Å². The number of morpholine rings is 1. The summed E-state index contributed by atoms with van der Waals surface area (Å²) in [5, 5.41) is 27.0. The monoisotopic (exact) mass is 646 g/mol. The number of anilines is 2. The molecule has 0 spiro atoms. The highest BCUT2D eigenvalue weighted by Crippen LogP contribution is 2.35. The lowest BCUT2D eigenvalue weighted by molar-refractivity contribution is -0.385. The quantitative estimate of drug-likeness (QED) is 0.183. The fourth-order valence-electron chi connectivity index (χ4n) is 4.42. The molecule has 3 aromatic rings. The number of sulfonamides is 1. The third-order valence-electron chi connectivity index (χ3n) is 6.63. The van der Waals surface area contributed by atoms with Crippen molar-refractivity contribution in [3.05, 3.63) is 91.0 Å². The van der Waals surface area contributed by atoms with E-state index in [0.29, 0.717) is 41.9 Å². The second-order valence-corrected chi connectivity index (χ2v) is 11.7. The minimum atomic E-state index is -4.60. The molecule has 1 heterocycles. The van der Waals surface area contributed by atoms with Crippen LogP contribution in [0.4, 0.5) is 22.7 Å². The Hall–Kier alpha value is -4.80. The van der Waals surface area contributed by atoms with Crippen LogP contribution in [0.2, 0.25) is 5.02 Å². The van der Waals surface area contributed by atoms with E-state index in [1.807, 2.05) is 4.90 Å². The topological polar surface area (TPSA) is 187 Å². The Morgan fingerprint density at radius 2 is 1.84 bits per heavy atom. The van der Waals surface area contributed by atoms with Crippen molar-refractivity contribution in [2.24, 2.45) is 5.10 Å². The first-order valence-electron chi connectivity index (χ1n) is 13.0. The van der Waals surface area contributed by atoms with Crippen LogP contribution < -0.4 is 19.4 Å². The Morgan fingerprint density at radius 1 is 1.11 bits per heavy atom. The fraction of sp³-hybridized carbons (Fsp3) is 0.259. The van der Waals surface area contributed by atoms with Crippen molar-refractivity contribution >= 4 is 56.5 Å². The number of methoxy groups -OCH3 is 1. The average molecular weight is 647 g/mol. The summed E-state index contributed by atoms with van der Waals surface area (Å²) in [6.07, 6.45) is 1.22. The van der Waals surface area contributed by atoms with E-state index < -0.39 is 42.9 Å². The van der Waals surface area contributed by atoms with E-state index >= 15 is 0 Å². The van der Waals surface area contributed by atoms with E-state index in [0.717, 1.165) is 6.07 Å². The first kappa shape index (κ1) is 32.1. The number of nitrogens with zero attached hydrogens (tertiary/aromatic N) is 5. The number of non-ortho nitro benzene ring substituents is 1. The molecule has 1 amide bonds. The summed E-state index contributed by atoms with van der Waals surface area (Å²) in [6.45, 7) is 2.64. The number of rotatable bonds is 11. The molecule has 0 unspecified atom stereocenters. The van der Waals surface area contributed by atoms with Crippen LogP contribution in [-0.2, 0) is 19.6 Å². The van der Waals surface area contributed by atoms with Crippen LogP contribution in [0, 0.1) is 27.2 Å². The third-order valence-corrected chi connectivity index (χ3v) is 8.62. The smallest absolute Gasteiger partial charge is 0.273 e. The van der Waals surface area contributed by atoms with Gasteiger partial charge >= 0.3 is 0 Å². The van der Waals surface area contributed by atoms with Gasteiger partial charge in [0.05, 0.1) is 47.0 Å². The largest absolute Gasteiger partial charge is 0.495 e. The zero-order chi connectivity index (χ0) is 32.0. The van der Waals surface area contributed by atoms with E-state index in [9.17, 15) is 33.4 Å². The minimum Gasteiger partial charge on any atom is -0.495 e. The third kappa shape index (κ3) is 7.21.